The highest BCUT2D eigenvalue weighted by molar-refractivity contribution is 7.92. The van der Waals surface area contributed by atoms with Crippen molar-refractivity contribution in [2.24, 2.45) is 0 Å². The number of amides is 1. The molecule has 0 unspecified atom stereocenters. The SMILES string of the molecule is O=C(Nc1ccccc1S(=O)(=O)C1CCNCC1)c1csc(N2CCOCC2)n1. The van der Waals surface area contributed by atoms with E-state index in [1.807, 2.05) is 0 Å². The minimum absolute atomic E-state index is 0.170. The number of thiazole rings is 1. The van der Waals surface area contributed by atoms with Gasteiger partial charge in [0.2, 0.25) is 0 Å². The Morgan fingerprint density at radius 2 is 1.93 bits per heavy atom. The van der Waals surface area contributed by atoms with Gasteiger partial charge in [-0.25, -0.2) is 13.4 Å². The van der Waals surface area contributed by atoms with Crippen LogP contribution < -0.4 is 15.5 Å². The molecule has 2 saturated heterocycles. The van der Waals surface area contributed by atoms with Crippen molar-refractivity contribution in [1.29, 1.82) is 0 Å². The highest BCUT2D eigenvalue weighted by atomic mass is 32.2. The molecular formula is C19H24N4O4S2. The van der Waals surface area contributed by atoms with Crippen molar-refractivity contribution in [3.63, 3.8) is 0 Å². The standard InChI is InChI=1S/C19H24N4O4S2/c24-18(16-13-28-19(22-16)23-9-11-27-12-10-23)21-15-3-1-2-4-17(15)29(25,26)14-5-7-20-8-6-14/h1-4,13-14,20H,5-12H2,(H,21,24). The second-order valence-corrected chi connectivity index (χ2v) is 10.1. The predicted molar refractivity (Wildman–Crippen MR) is 113 cm³/mol. The van der Waals surface area contributed by atoms with E-state index in [2.05, 4.69) is 20.5 Å². The Hall–Kier alpha value is -2.01. The fraction of sp³-hybridized carbons (Fsp3) is 0.474. The van der Waals surface area contributed by atoms with Gasteiger partial charge in [-0.15, -0.1) is 11.3 Å². The largest absolute Gasteiger partial charge is 0.378 e. The van der Waals surface area contributed by atoms with E-state index in [9.17, 15) is 13.2 Å². The van der Waals surface area contributed by atoms with Crippen molar-refractivity contribution < 1.29 is 17.9 Å². The Morgan fingerprint density at radius 3 is 2.69 bits per heavy atom. The summed E-state index contributed by atoms with van der Waals surface area (Å²) in [5.74, 6) is -0.409. The molecule has 4 rings (SSSR count). The summed E-state index contributed by atoms with van der Waals surface area (Å²) in [7, 11) is -3.53. The molecule has 2 fully saturated rings. The molecule has 0 spiro atoms. The van der Waals surface area contributed by atoms with Crippen molar-refractivity contribution in [2.75, 3.05) is 49.6 Å². The molecule has 0 radical (unpaired) electrons. The zero-order valence-electron chi connectivity index (χ0n) is 16.0. The molecule has 1 aromatic carbocycles. The van der Waals surface area contributed by atoms with Crippen LogP contribution in [0.3, 0.4) is 0 Å². The van der Waals surface area contributed by atoms with E-state index < -0.39 is 21.0 Å². The first-order valence-corrected chi connectivity index (χ1v) is 12.1. The zero-order chi connectivity index (χ0) is 20.3. The maximum absolute atomic E-state index is 13.1. The molecule has 1 aromatic heterocycles. The number of nitrogens with zero attached hydrogens (tertiary/aromatic N) is 2. The Labute approximate surface area is 174 Å². The van der Waals surface area contributed by atoms with Crippen LogP contribution in [0.4, 0.5) is 10.8 Å². The molecule has 29 heavy (non-hydrogen) atoms. The lowest BCUT2D eigenvalue weighted by Crippen LogP contribution is -2.36. The second-order valence-electron chi connectivity index (χ2n) is 7.06. The molecule has 1 amide bonds. The number of hydrogen-bond acceptors (Lipinski definition) is 8. The zero-order valence-corrected chi connectivity index (χ0v) is 17.6. The average molecular weight is 437 g/mol. The summed E-state index contributed by atoms with van der Waals surface area (Å²) in [6.45, 7) is 4.13. The van der Waals surface area contributed by atoms with Crippen molar-refractivity contribution >= 4 is 37.9 Å². The van der Waals surface area contributed by atoms with Crippen LogP contribution in [0.5, 0.6) is 0 Å². The number of hydrogen-bond donors (Lipinski definition) is 2. The molecule has 2 aromatic rings. The normalized spacial score (nSPS) is 18.6. The number of anilines is 2. The van der Waals surface area contributed by atoms with Gasteiger partial charge in [0.15, 0.2) is 15.0 Å². The highest BCUT2D eigenvalue weighted by Gasteiger charge is 2.31. The molecule has 2 aliphatic rings. The lowest BCUT2D eigenvalue weighted by molar-refractivity contribution is 0.102. The number of aromatic nitrogens is 1. The molecule has 10 heteroatoms. The fourth-order valence-electron chi connectivity index (χ4n) is 3.56. The quantitative estimate of drug-likeness (QED) is 0.737. The summed E-state index contributed by atoms with van der Waals surface area (Å²) in [5.41, 5.74) is 0.586. The first-order chi connectivity index (χ1) is 14.1. The monoisotopic (exact) mass is 436 g/mol. The topological polar surface area (TPSA) is 101 Å². The first-order valence-electron chi connectivity index (χ1n) is 9.69. The van der Waals surface area contributed by atoms with Gasteiger partial charge in [0, 0.05) is 18.5 Å². The summed E-state index contributed by atoms with van der Waals surface area (Å²) in [6.07, 6.45) is 1.14. The van der Waals surface area contributed by atoms with E-state index >= 15 is 0 Å². The highest BCUT2D eigenvalue weighted by Crippen LogP contribution is 2.29. The van der Waals surface area contributed by atoms with Gasteiger partial charge in [0.05, 0.1) is 29.0 Å². The van der Waals surface area contributed by atoms with Gasteiger partial charge in [0.25, 0.3) is 5.91 Å². The number of para-hydroxylation sites is 1. The fourth-order valence-corrected chi connectivity index (χ4v) is 6.33. The van der Waals surface area contributed by atoms with Gasteiger partial charge in [-0.05, 0) is 38.1 Å². The van der Waals surface area contributed by atoms with Crippen LogP contribution in [0, 0.1) is 0 Å². The van der Waals surface area contributed by atoms with Crippen molar-refractivity contribution in [3.05, 3.63) is 35.3 Å². The smallest absolute Gasteiger partial charge is 0.275 e. The maximum atomic E-state index is 13.1. The molecule has 2 aliphatic heterocycles. The third-order valence-corrected chi connectivity index (χ3v) is 8.39. The number of piperidine rings is 1. The molecular weight excluding hydrogens is 412 g/mol. The summed E-state index contributed by atoms with van der Waals surface area (Å²) >= 11 is 1.40. The third-order valence-electron chi connectivity index (χ3n) is 5.17. The Bertz CT molecular complexity index is 964. The lowest BCUT2D eigenvalue weighted by Gasteiger charge is -2.26. The number of nitrogens with one attached hydrogen (secondary N) is 2. The minimum atomic E-state index is -3.53. The summed E-state index contributed by atoms with van der Waals surface area (Å²) in [5, 5.41) is 7.97. The number of sulfone groups is 1. The second kappa shape index (κ2) is 8.78. The third kappa shape index (κ3) is 4.45. The van der Waals surface area contributed by atoms with Crippen LogP contribution in [0.1, 0.15) is 23.3 Å². The number of carbonyl (C=O) groups excluding carboxylic acids is 1. The van der Waals surface area contributed by atoms with E-state index in [0.29, 0.717) is 44.8 Å². The van der Waals surface area contributed by atoms with Crippen LogP contribution in [-0.4, -0.2) is 64.0 Å². The molecule has 8 nitrogen and oxygen atoms in total. The first kappa shape index (κ1) is 20.3. The van der Waals surface area contributed by atoms with Crippen LogP contribution in [0.25, 0.3) is 0 Å². The van der Waals surface area contributed by atoms with Crippen molar-refractivity contribution in [1.82, 2.24) is 10.3 Å². The Morgan fingerprint density at radius 1 is 1.21 bits per heavy atom. The van der Waals surface area contributed by atoms with Crippen LogP contribution in [0.15, 0.2) is 34.5 Å². The molecule has 0 aliphatic carbocycles. The van der Waals surface area contributed by atoms with Gasteiger partial charge in [-0.2, -0.15) is 0 Å². The number of carbonyl (C=O) groups is 1. The van der Waals surface area contributed by atoms with Crippen LogP contribution in [-0.2, 0) is 14.6 Å². The maximum Gasteiger partial charge on any atom is 0.275 e. The summed E-state index contributed by atoms with van der Waals surface area (Å²) in [4.78, 5) is 19.4. The Balaban J connectivity index is 1.53. The summed E-state index contributed by atoms with van der Waals surface area (Å²) < 4.78 is 31.6. The van der Waals surface area contributed by atoms with E-state index in [1.165, 1.54) is 11.3 Å². The average Bonchev–Trinajstić information content (AvgIpc) is 3.26. The van der Waals surface area contributed by atoms with Gasteiger partial charge in [0.1, 0.15) is 5.69 Å². The van der Waals surface area contributed by atoms with Crippen molar-refractivity contribution in [2.45, 2.75) is 23.0 Å². The number of ether oxygens (including phenoxy) is 1. The predicted octanol–water partition coefficient (Wildman–Crippen LogP) is 1.76. The molecule has 2 N–H and O–H groups in total. The molecule has 0 atom stereocenters. The Kier molecular flexibility index (Phi) is 6.14. The van der Waals surface area contributed by atoms with Crippen molar-refractivity contribution in [3.8, 4) is 0 Å². The molecule has 3 heterocycles. The van der Waals surface area contributed by atoms with Crippen LogP contribution >= 0.6 is 11.3 Å². The molecule has 0 bridgehead atoms. The van der Waals surface area contributed by atoms with Gasteiger partial charge in [-0.1, -0.05) is 12.1 Å². The lowest BCUT2D eigenvalue weighted by atomic mass is 10.2. The summed E-state index contributed by atoms with van der Waals surface area (Å²) in [6, 6.07) is 6.59. The van der Waals surface area contributed by atoms with Gasteiger partial charge < -0.3 is 20.3 Å². The number of morpholine rings is 1. The van der Waals surface area contributed by atoms with Gasteiger partial charge in [-0.3, -0.25) is 4.79 Å². The van der Waals surface area contributed by atoms with Crippen LogP contribution in [0.2, 0.25) is 0 Å². The molecule has 0 saturated carbocycles. The number of benzene rings is 1. The van der Waals surface area contributed by atoms with E-state index in [0.717, 1.165) is 18.2 Å². The van der Waals surface area contributed by atoms with E-state index in [1.54, 1.807) is 29.6 Å². The minimum Gasteiger partial charge on any atom is -0.378 e. The van der Waals surface area contributed by atoms with E-state index in [4.69, 9.17) is 4.74 Å². The molecule has 156 valence electrons. The van der Waals surface area contributed by atoms with E-state index in [-0.39, 0.29) is 10.6 Å². The van der Waals surface area contributed by atoms with Gasteiger partial charge >= 0.3 is 0 Å². The number of rotatable bonds is 5.